The van der Waals surface area contributed by atoms with Crippen LogP contribution in [-0.4, -0.2) is 27.9 Å². The Hall–Kier alpha value is -1.34. The predicted octanol–water partition coefficient (Wildman–Crippen LogP) is 1.96. The van der Waals surface area contributed by atoms with Gasteiger partial charge in [-0.25, -0.2) is 4.98 Å². The van der Waals surface area contributed by atoms with Crippen molar-refractivity contribution in [1.82, 2.24) is 9.55 Å². The highest BCUT2D eigenvalue weighted by molar-refractivity contribution is 7.99. The highest BCUT2D eigenvalue weighted by atomic mass is 32.2. The van der Waals surface area contributed by atoms with Crippen molar-refractivity contribution < 1.29 is 9.53 Å². The van der Waals surface area contributed by atoms with Crippen LogP contribution in [0.3, 0.4) is 0 Å². The van der Waals surface area contributed by atoms with Crippen molar-refractivity contribution in [3.05, 3.63) is 21.3 Å². The van der Waals surface area contributed by atoms with Crippen molar-refractivity contribution in [1.29, 1.82) is 0 Å². The van der Waals surface area contributed by atoms with Gasteiger partial charge in [0.05, 0.1) is 17.7 Å². The lowest BCUT2D eigenvalue weighted by atomic mass is 10.4. The normalized spacial score (nSPS) is 10.9. The molecule has 0 saturated heterocycles. The number of esters is 1. The molecule has 0 bridgehead atoms. The van der Waals surface area contributed by atoms with Gasteiger partial charge in [-0.3, -0.25) is 14.2 Å². The minimum absolute atomic E-state index is 0.0827. The number of hydrogen-bond donors (Lipinski definition) is 0. The number of aromatic nitrogens is 2. The topological polar surface area (TPSA) is 61.2 Å². The van der Waals surface area contributed by atoms with E-state index in [4.69, 9.17) is 4.74 Å². The Morgan fingerprint density at radius 3 is 3.00 bits per heavy atom. The number of aryl methyl sites for hydroxylation is 1. The number of fused-ring (bicyclic) bond motifs is 1. The van der Waals surface area contributed by atoms with Crippen molar-refractivity contribution in [3.63, 3.8) is 0 Å². The number of hydrogen-bond acceptors (Lipinski definition) is 6. The molecule has 2 heterocycles. The van der Waals surface area contributed by atoms with Crippen molar-refractivity contribution >= 4 is 39.3 Å². The molecule has 2 rings (SSSR count). The number of nitrogens with zero attached hydrogens (tertiary/aromatic N) is 2. The van der Waals surface area contributed by atoms with Gasteiger partial charge in [0.25, 0.3) is 5.56 Å². The molecule has 7 heteroatoms. The van der Waals surface area contributed by atoms with E-state index in [1.165, 1.54) is 27.7 Å². The summed E-state index contributed by atoms with van der Waals surface area (Å²) in [6, 6.07) is 1.84. The summed E-state index contributed by atoms with van der Waals surface area (Å²) in [6.07, 6.45) is 0. The molecular weight excluding hydrogens is 284 g/mol. The number of thiophene rings is 1. The van der Waals surface area contributed by atoms with E-state index in [-0.39, 0.29) is 17.3 Å². The minimum atomic E-state index is -0.302. The second-order valence-electron chi connectivity index (χ2n) is 3.93. The predicted molar refractivity (Wildman–Crippen MR) is 77.0 cm³/mol. The van der Waals surface area contributed by atoms with Crippen LogP contribution in [0.15, 0.2) is 16.0 Å². The van der Waals surface area contributed by atoms with E-state index in [9.17, 15) is 9.59 Å². The molecule has 0 aliphatic heterocycles. The van der Waals surface area contributed by atoms with Gasteiger partial charge >= 0.3 is 5.97 Å². The van der Waals surface area contributed by atoms with Crippen LogP contribution in [0.1, 0.15) is 11.8 Å². The Kier molecular flexibility index (Phi) is 4.26. The van der Waals surface area contributed by atoms with Gasteiger partial charge in [0.1, 0.15) is 4.83 Å². The van der Waals surface area contributed by atoms with E-state index in [0.717, 1.165) is 4.88 Å². The van der Waals surface area contributed by atoms with Crippen molar-refractivity contribution in [2.75, 3.05) is 12.4 Å². The lowest BCUT2D eigenvalue weighted by molar-refractivity contribution is -0.139. The zero-order valence-corrected chi connectivity index (χ0v) is 12.6. The molecule has 2 aromatic heterocycles. The summed E-state index contributed by atoms with van der Waals surface area (Å²) in [6.45, 7) is 4.06. The van der Waals surface area contributed by atoms with Gasteiger partial charge in [0.2, 0.25) is 0 Å². The van der Waals surface area contributed by atoms with E-state index in [2.05, 4.69) is 4.98 Å². The second-order valence-corrected chi connectivity index (χ2v) is 6.11. The van der Waals surface area contributed by atoms with Crippen molar-refractivity contribution in [3.8, 4) is 0 Å². The quantitative estimate of drug-likeness (QED) is 0.490. The van der Waals surface area contributed by atoms with E-state index in [1.807, 2.05) is 13.0 Å². The third-order valence-electron chi connectivity index (χ3n) is 2.48. The lowest BCUT2D eigenvalue weighted by Gasteiger charge is -2.06. The first-order valence-corrected chi connectivity index (χ1v) is 7.58. The summed E-state index contributed by atoms with van der Waals surface area (Å²) in [5.41, 5.74) is -0.0827. The summed E-state index contributed by atoms with van der Waals surface area (Å²) >= 11 is 2.70. The molecule has 102 valence electrons. The number of rotatable bonds is 4. The average Bonchev–Trinajstić information content (AvgIpc) is 2.73. The van der Waals surface area contributed by atoms with Gasteiger partial charge < -0.3 is 4.74 Å². The van der Waals surface area contributed by atoms with Crippen LogP contribution in [0.5, 0.6) is 0 Å². The molecule has 0 amide bonds. The van der Waals surface area contributed by atoms with Crippen LogP contribution in [0, 0.1) is 6.92 Å². The fraction of sp³-hybridized carbons (Fsp3) is 0.417. The standard InChI is InChI=1S/C12H14N2O3S2/c1-4-17-9(15)6-18-12-13-10-8(5-7(2)19-10)11(16)14(12)3/h5H,4,6H2,1-3H3. The van der Waals surface area contributed by atoms with Crippen LogP contribution in [0.25, 0.3) is 10.2 Å². The van der Waals surface area contributed by atoms with Crippen molar-refractivity contribution in [2.24, 2.45) is 7.05 Å². The summed E-state index contributed by atoms with van der Waals surface area (Å²) < 4.78 is 6.32. The van der Waals surface area contributed by atoms with Gasteiger partial charge in [-0.05, 0) is 19.9 Å². The van der Waals surface area contributed by atoms with Crippen LogP contribution in [-0.2, 0) is 16.6 Å². The molecule has 5 nitrogen and oxygen atoms in total. The van der Waals surface area contributed by atoms with Crippen LogP contribution in [0.4, 0.5) is 0 Å². The van der Waals surface area contributed by atoms with Gasteiger partial charge in [0.15, 0.2) is 5.16 Å². The molecule has 0 aromatic carbocycles. The first-order chi connectivity index (χ1) is 9.02. The summed E-state index contributed by atoms with van der Waals surface area (Å²) in [4.78, 5) is 29.6. The molecule has 0 aliphatic carbocycles. The van der Waals surface area contributed by atoms with E-state index >= 15 is 0 Å². The largest absolute Gasteiger partial charge is 0.465 e. The summed E-state index contributed by atoms with van der Waals surface area (Å²) in [7, 11) is 1.66. The van der Waals surface area contributed by atoms with Gasteiger partial charge in [-0.2, -0.15) is 0 Å². The summed E-state index contributed by atoms with van der Waals surface area (Å²) in [5.74, 6) is -0.145. The minimum Gasteiger partial charge on any atom is -0.465 e. The van der Waals surface area contributed by atoms with Crippen LogP contribution in [0.2, 0.25) is 0 Å². The van der Waals surface area contributed by atoms with E-state index < -0.39 is 0 Å². The first kappa shape index (κ1) is 14.1. The molecule has 0 fully saturated rings. The van der Waals surface area contributed by atoms with Gasteiger partial charge in [-0.15, -0.1) is 11.3 Å². The molecule has 19 heavy (non-hydrogen) atoms. The van der Waals surface area contributed by atoms with Gasteiger partial charge in [0, 0.05) is 11.9 Å². The Balaban J connectivity index is 2.31. The fourth-order valence-electron chi connectivity index (χ4n) is 1.62. The third kappa shape index (κ3) is 2.98. The number of carbonyl (C=O) groups excluding carboxylic acids is 1. The van der Waals surface area contributed by atoms with E-state index in [0.29, 0.717) is 22.0 Å². The number of thioether (sulfide) groups is 1. The molecule has 0 aliphatic rings. The smallest absolute Gasteiger partial charge is 0.316 e. The molecule has 0 spiro atoms. The molecule has 2 aromatic rings. The molecule has 0 unspecified atom stereocenters. The highest BCUT2D eigenvalue weighted by Gasteiger charge is 2.12. The fourth-order valence-corrected chi connectivity index (χ4v) is 3.31. The average molecular weight is 298 g/mol. The Bertz CT molecular complexity index is 675. The number of carbonyl (C=O) groups is 1. The third-order valence-corrected chi connectivity index (χ3v) is 4.43. The highest BCUT2D eigenvalue weighted by Crippen LogP contribution is 2.23. The molecule has 0 atom stereocenters. The Morgan fingerprint density at radius 1 is 1.58 bits per heavy atom. The molecule has 0 N–H and O–H groups in total. The number of ether oxygens (including phenoxy) is 1. The first-order valence-electron chi connectivity index (χ1n) is 5.78. The summed E-state index contributed by atoms with van der Waals surface area (Å²) in [5, 5.41) is 1.16. The monoisotopic (exact) mass is 298 g/mol. The second kappa shape index (κ2) is 5.75. The molecule has 0 radical (unpaired) electrons. The maximum atomic E-state index is 12.1. The Labute approximate surface area is 118 Å². The molecular formula is C12H14N2O3S2. The van der Waals surface area contributed by atoms with Gasteiger partial charge in [-0.1, -0.05) is 11.8 Å². The SMILES string of the molecule is CCOC(=O)CSc1nc2sc(C)cc2c(=O)n1C. The maximum absolute atomic E-state index is 12.1. The Morgan fingerprint density at radius 2 is 2.32 bits per heavy atom. The zero-order chi connectivity index (χ0) is 14.0. The maximum Gasteiger partial charge on any atom is 0.316 e. The van der Waals surface area contributed by atoms with Crippen LogP contribution >= 0.6 is 23.1 Å². The van der Waals surface area contributed by atoms with Crippen molar-refractivity contribution in [2.45, 2.75) is 19.0 Å². The van der Waals surface area contributed by atoms with Crippen LogP contribution < -0.4 is 5.56 Å². The zero-order valence-electron chi connectivity index (χ0n) is 10.9. The lowest BCUT2D eigenvalue weighted by Crippen LogP contribution is -2.20. The van der Waals surface area contributed by atoms with E-state index in [1.54, 1.807) is 14.0 Å². The molecule has 0 saturated carbocycles.